The van der Waals surface area contributed by atoms with Crippen molar-refractivity contribution in [1.82, 2.24) is 14.8 Å². The summed E-state index contributed by atoms with van der Waals surface area (Å²) in [6, 6.07) is 6.21. The number of unbranched alkanes of at least 4 members (excludes halogenated alkanes) is 3. The monoisotopic (exact) mass is 436 g/mol. The first kappa shape index (κ1) is 23.6. The lowest BCUT2D eigenvalue weighted by atomic mass is 10.0. The van der Waals surface area contributed by atoms with E-state index >= 15 is 0 Å². The molecule has 1 amide bonds. The van der Waals surface area contributed by atoms with Crippen molar-refractivity contribution in [3.8, 4) is 5.75 Å². The zero-order valence-electron chi connectivity index (χ0n) is 19.6. The Morgan fingerprint density at radius 2 is 2.12 bits per heavy atom. The van der Waals surface area contributed by atoms with Gasteiger partial charge in [0.1, 0.15) is 5.75 Å². The Kier molecular flexibility index (Phi) is 8.96. The molecular weight excluding hydrogens is 400 g/mol. The second-order valence-electron chi connectivity index (χ2n) is 8.24. The molecule has 0 saturated carbocycles. The lowest BCUT2D eigenvalue weighted by Crippen LogP contribution is -2.26. The van der Waals surface area contributed by atoms with E-state index in [0.717, 1.165) is 55.7 Å². The standard InChI is InChI=1S/C26H36N4O2/c1-4-5-6-10-22-23-12-11-21(32-3)19-25(23)29(2)24(22)13-14-26(31)28-16-7-8-17-30-18-9-15-27-20-30/h9,11-15,19-20H,4-8,10,16-18H2,1-3H3,(H,28,31)/b14-13+. The van der Waals surface area contributed by atoms with E-state index in [0.29, 0.717) is 6.54 Å². The van der Waals surface area contributed by atoms with E-state index in [2.05, 4.69) is 45.9 Å². The van der Waals surface area contributed by atoms with Gasteiger partial charge in [0.15, 0.2) is 0 Å². The molecular formula is C26H36N4O2. The maximum absolute atomic E-state index is 12.4. The summed E-state index contributed by atoms with van der Waals surface area (Å²) in [6.07, 6.45) is 15.9. The fourth-order valence-corrected chi connectivity index (χ4v) is 4.11. The topological polar surface area (TPSA) is 58.9 Å². The predicted octanol–water partition coefficient (Wildman–Crippen LogP) is 4.69. The second kappa shape index (κ2) is 12.1. The normalized spacial score (nSPS) is 13.4. The summed E-state index contributed by atoms with van der Waals surface area (Å²) in [5.74, 6) is 0.799. The Bertz CT molecular complexity index is 987. The average molecular weight is 437 g/mol. The third-order valence-corrected chi connectivity index (χ3v) is 5.92. The summed E-state index contributed by atoms with van der Waals surface area (Å²) >= 11 is 0. The zero-order chi connectivity index (χ0) is 22.8. The van der Waals surface area contributed by atoms with Gasteiger partial charge in [0.25, 0.3) is 0 Å². The number of amides is 1. The van der Waals surface area contributed by atoms with Gasteiger partial charge in [-0.3, -0.25) is 4.79 Å². The third kappa shape index (κ3) is 6.25. The molecule has 0 bridgehead atoms. The molecule has 6 heteroatoms. The summed E-state index contributed by atoms with van der Waals surface area (Å²) in [6.45, 7) is 4.77. The highest BCUT2D eigenvalue weighted by atomic mass is 16.5. The summed E-state index contributed by atoms with van der Waals surface area (Å²) in [4.78, 5) is 18.7. The molecule has 2 aromatic rings. The number of nitrogens with one attached hydrogen (secondary N) is 1. The molecule has 1 aliphatic rings. The fraction of sp³-hybridized carbons (Fsp3) is 0.462. The number of ether oxygens (including phenoxy) is 1. The number of fused-ring (bicyclic) bond motifs is 1. The molecule has 1 N–H and O–H groups in total. The number of aromatic nitrogens is 1. The second-order valence-corrected chi connectivity index (χ2v) is 8.24. The summed E-state index contributed by atoms with van der Waals surface area (Å²) in [5, 5.41) is 4.25. The highest BCUT2D eigenvalue weighted by molar-refractivity contribution is 5.94. The molecule has 1 aromatic carbocycles. The minimum absolute atomic E-state index is 0.0465. The molecule has 0 radical (unpaired) electrons. The molecule has 0 atom stereocenters. The van der Waals surface area contributed by atoms with Gasteiger partial charge in [-0.25, -0.2) is 4.99 Å². The molecule has 2 heterocycles. The third-order valence-electron chi connectivity index (χ3n) is 5.92. The van der Waals surface area contributed by atoms with Crippen LogP contribution in [-0.4, -0.2) is 48.5 Å². The van der Waals surface area contributed by atoms with Crippen LogP contribution >= 0.6 is 0 Å². The number of methoxy groups -OCH3 is 1. The molecule has 6 nitrogen and oxygen atoms in total. The molecule has 1 aliphatic heterocycles. The van der Waals surface area contributed by atoms with Crippen molar-refractivity contribution in [1.29, 1.82) is 0 Å². The van der Waals surface area contributed by atoms with Gasteiger partial charge < -0.3 is 19.5 Å². The van der Waals surface area contributed by atoms with E-state index in [1.54, 1.807) is 13.2 Å². The van der Waals surface area contributed by atoms with Crippen LogP contribution < -0.4 is 10.1 Å². The van der Waals surface area contributed by atoms with Crippen molar-refractivity contribution in [3.63, 3.8) is 0 Å². The summed E-state index contributed by atoms with van der Waals surface area (Å²) in [5.41, 5.74) is 3.53. The Hall–Kier alpha value is -3.02. The van der Waals surface area contributed by atoms with E-state index in [4.69, 9.17) is 4.74 Å². The van der Waals surface area contributed by atoms with Crippen molar-refractivity contribution >= 4 is 29.2 Å². The molecule has 0 saturated heterocycles. The van der Waals surface area contributed by atoms with Crippen LogP contribution in [0.1, 0.15) is 50.3 Å². The van der Waals surface area contributed by atoms with Crippen molar-refractivity contribution in [2.24, 2.45) is 12.0 Å². The van der Waals surface area contributed by atoms with Crippen LogP contribution in [-0.2, 0) is 18.3 Å². The zero-order valence-corrected chi connectivity index (χ0v) is 19.6. The minimum atomic E-state index is -0.0465. The average Bonchev–Trinajstić information content (AvgIpc) is 3.08. The van der Waals surface area contributed by atoms with Crippen LogP contribution in [0.25, 0.3) is 17.0 Å². The largest absolute Gasteiger partial charge is 0.497 e. The van der Waals surface area contributed by atoms with Gasteiger partial charge in [-0.2, -0.15) is 0 Å². The Labute approximate surface area is 191 Å². The van der Waals surface area contributed by atoms with Crippen molar-refractivity contribution in [2.45, 2.75) is 45.4 Å². The molecule has 0 aliphatic carbocycles. The van der Waals surface area contributed by atoms with Crippen molar-refractivity contribution in [3.05, 3.63) is 47.8 Å². The van der Waals surface area contributed by atoms with Gasteiger partial charge in [0, 0.05) is 56.1 Å². The maximum Gasteiger partial charge on any atom is 0.244 e. The number of carbonyl (C=O) groups excluding carboxylic acids is 1. The summed E-state index contributed by atoms with van der Waals surface area (Å²) < 4.78 is 7.58. The molecule has 0 unspecified atom stereocenters. The molecule has 3 rings (SSSR count). The first-order valence-corrected chi connectivity index (χ1v) is 11.7. The number of hydrogen-bond donors (Lipinski definition) is 1. The SMILES string of the molecule is CCCCCc1c(/C=C/C(=O)NCCCCN2C=NC=CC2)n(C)c2cc(OC)ccc12. The lowest BCUT2D eigenvalue weighted by Gasteiger charge is -2.18. The maximum atomic E-state index is 12.4. The highest BCUT2D eigenvalue weighted by Crippen LogP contribution is 2.30. The van der Waals surface area contributed by atoms with Crippen LogP contribution in [0.15, 0.2) is 41.5 Å². The van der Waals surface area contributed by atoms with Crippen LogP contribution in [0.2, 0.25) is 0 Å². The van der Waals surface area contributed by atoms with E-state index in [9.17, 15) is 4.79 Å². The number of hydrogen-bond acceptors (Lipinski definition) is 4. The van der Waals surface area contributed by atoms with Gasteiger partial charge in [-0.15, -0.1) is 0 Å². The molecule has 172 valence electrons. The van der Waals surface area contributed by atoms with E-state index < -0.39 is 0 Å². The van der Waals surface area contributed by atoms with E-state index in [1.165, 1.54) is 23.8 Å². The van der Waals surface area contributed by atoms with E-state index in [-0.39, 0.29) is 5.91 Å². The van der Waals surface area contributed by atoms with Gasteiger partial charge in [0.2, 0.25) is 5.91 Å². The van der Waals surface area contributed by atoms with Crippen LogP contribution in [0.3, 0.4) is 0 Å². The number of aryl methyl sites for hydroxylation is 2. The number of nitrogens with zero attached hydrogens (tertiary/aromatic N) is 3. The highest BCUT2D eigenvalue weighted by Gasteiger charge is 2.14. The van der Waals surface area contributed by atoms with Gasteiger partial charge >= 0.3 is 0 Å². The Balaban J connectivity index is 1.60. The Morgan fingerprint density at radius 1 is 1.25 bits per heavy atom. The van der Waals surface area contributed by atoms with Crippen LogP contribution in [0.5, 0.6) is 5.75 Å². The van der Waals surface area contributed by atoms with Gasteiger partial charge in [0.05, 0.1) is 19.0 Å². The fourth-order valence-electron chi connectivity index (χ4n) is 4.11. The molecule has 1 aromatic heterocycles. The molecule has 0 fully saturated rings. The van der Waals surface area contributed by atoms with Gasteiger partial charge in [-0.05, 0) is 55.5 Å². The number of rotatable bonds is 12. The number of aliphatic imine (C=N–C) groups is 1. The predicted molar refractivity (Wildman–Crippen MR) is 133 cm³/mol. The molecule has 32 heavy (non-hydrogen) atoms. The van der Waals surface area contributed by atoms with Gasteiger partial charge in [-0.1, -0.05) is 19.8 Å². The van der Waals surface area contributed by atoms with E-state index in [1.807, 2.05) is 30.8 Å². The Morgan fingerprint density at radius 3 is 2.88 bits per heavy atom. The number of carbonyl (C=O) groups is 1. The number of benzene rings is 1. The first-order valence-electron chi connectivity index (χ1n) is 11.7. The van der Waals surface area contributed by atoms with Crippen molar-refractivity contribution < 1.29 is 9.53 Å². The smallest absolute Gasteiger partial charge is 0.244 e. The minimum Gasteiger partial charge on any atom is -0.497 e. The lowest BCUT2D eigenvalue weighted by molar-refractivity contribution is -0.116. The van der Waals surface area contributed by atoms with Crippen LogP contribution in [0, 0.1) is 0 Å². The first-order chi connectivity index (χ1) is 15.6. The molecule has 0 spiro atoms. The summed E-state index contributed by atoms with van der Waals surface area (Å²) in [7, 11) is 3.75. The van der Waals surface area contributed by atoms with Crippen LogP contribution in [0.4, 0.5) is 0 Å². The quantitative estimate of drug-likeness (QED) is 0.388. The van der Waals surface area contributed by atoms with Crippen molar-refractivity contribution in [2.75, 3.05) is 26.7 Å².